The van der Waals surface area contributed by atoms with Gasteiger partial charge in [-0.15, -0.1) is 0 Å². The molecule has 0 spiro atoms. The first-order chi connectivity index (χ1) is 14.7. The molecule has 1 aliphatic carbocycles. The van der Waals surface area contributed by atoms with Crippen molar-refractivity contribution >= 4 is 5.91 Å². The summed E-state index contributed by atoms with van der Waals surface area (Å²) in [6.45, 7) is 6.46. The third-order valence-corrected chi connectivity index (χ3v) is 5.77. The van der Waals surface area contributed by atoms with Crippen LogP contribution in [-0.4, -0.2) is 74.1 Å². The van der Waals surface area contributed by atoms with Crippen molar-refractivity contribution in [1.29, 1.82) is 0 Å². The summed E-state index contributed by atoms with van der Waals surface area (Å²) in [5.74, 6) is 0.942. The molecule has 30 heavy (non-hydrogen) atoms. The van der Waals surface area contributed by atoms with Crippen LogP contribution in [0.3, 0.4) is 0 Å². The normalized spacial score (nSPS) is 23.6. The summed E-state index contributed by atoms with van der Waals surface area (Å²) in [7, 11) is 0. The van der Waals surface area contributed by atoms with Gasteiger partial charge >= 0.3 is 0 Å². The van der Waals surface area contributed by atoms with Crippen molar-refractivity contribution in [2.45, 2.75) is 38.5 Å². The Morgan fingerprint density at radius 2 is 1.90 bits per heavy atom. The van der Waals surface area contributed by atoms with E-state index in [1.807, 2.05) is 11.6 Å². The summed E-state index contributed by atoms with van der Waals surface area (Å²) < 4.78 is 30.1. The number of rotatable bonds is 5. The highest BCUT2D eigenvalue weighted by atomic mass is 16.6. The van der Waals surface area contributed by atoms with Crippen LogP contribution in [0, 0.1) is 6.92 Å². The molecule has 0 saturated carbocycles. The van der Waals surface area contributed by atoms with E-state index in [4.69, 9.17) is 28.5 Å². The second kappa shape index (κ2) is 8.50. The van der Waals surface area contributed by atoms with Crippen molar-refractivity contribution in [2.75, 3.05) is 46.2 Å². The molecule has 0 aromatic carbocycles. The molecule has 0 radical (unpaired) electrons. The van der Waals surface area contributed by atoms with Gasteiger partial charge in [0.1, 0.15) is 11.9 Å². The van der Waals surface area contributed by atoms with Crippen LogP contribution in [0.5, 0.6) is 0 Å². The van der Waals surface area contributed by atoms with Gasteiger partial charge in [-0.3, -0.25) is 9.48 Å². The van der Waals surface area contributed by atoms with E-state index in [9.17, 15) is 4.79 Å². The number of aromatic nitrogens is 2. The van der Waals surface area contributed by atoms with Crippen LogP contribution < -0.4 is 5.32 Å². The second-order valence-corrected chi connectivity index (χ2v) is 7.92. The van der Waals surface area contributed by atoms with Crippen molar-refractivity contribution in [1.82, 2.24) is 15.1 Å². The Hall–Kier alpha value is -2.20. The van der Waals surface area contributed by atoms with Crippen molar-refractivity contribution in [3.8, 4) is 11.3 Å². The van der Waals surface area contributed by atoms with E-state index in [0.29, 0.717) is 58.5 Å². The van der Waals surface area contributed by atoms with E-state index in [0.717, 1.165) is 35.4 Å². The van der Waals surface area contributed by atoms with Gasteiger partial charge in [0.2, 0.25) is 0 Å². The minimum atomic E-state index is -0.232. The van der Waals surface area contributed by atoms with Gasteiger partial charge in [0.05, 0.1) is 58.0 Å². The minimum absolute atomic E-state index is 0.0114. The molecule has 162 valence electrons. The molecule has 2 aliphatic heterocycles. The molecule has 0 bridgehead atoms. The van der Waals surface area contributed by atoms with Gasteiger partial charge in [-0.05, 0) is 18.9 Å². The second-order valence-electron chi connectivity index (χ2n) is 7.92. The zero-order valence-corrected chi connectivity index (χ0v) is 17.1. The van der Waals surface area contributed by atoms with Crippen LogP contribution >= 0.6 is 0 Å². The first kappa shape index (κ1) is 19.7. The number of nitrogens with zero attached hydrogens (tertiary/aromatic N) is 2. The molecule has 1 N–H and O–H groups in total. The van der Waals surface area contributed by atoms with Crippen LogP contribution in [0.1, 0.15) is 27.4 Å². The number of hydrogen-bond donors (Lipinski definition) is 1. The van der Waals surface area contributed by atoms with E-state index in [1.54, 1.807) is 0 Å². The number of nitrogens with one attached hydrogen (secondary N) is 1. The number of fused-ring (bicyclic) bond motifs is 3. The molecule has 3 aliphatic rings. The van der Waals surface area contributed by atoms with E-state index in [2.05, 4.69) is 11.5 Å². The Morgan fingerprint density at radius 1 is 1.13 bits per heavy atom. The monoisotopic (exact) mass is 417 g/mol. The predicted molar refractivity (Wildman–Crippen MR) is 106 cm³/mol. The van der Waals surface area contributed by atoms with Crippen molar-refractivity contribution in [2.24, 2.45) is 0 Å². The lowest BCUT2D eigenvalue weighted by molar-refractivity contribution is -0.0946. The van der Waals surface area contributed by atoms with Gasteiger partial charge in [-0.25, -0.2) is 0 Å². The average Bonchev–Trinajstić information content (AvgIpc) is 3.33. The summed E-state index contributed by atoms with van der Waals surface area (Å²) in [5, 5.41) is 7.70. The lowest BCUT2D eigenvalue weighted by Crippen LogP contribution is -2.39. The third-order valence-electron chi connectivity index (χ3n) is 5.77. The summed E-state index contributed by atoms with van der Waals surface area (Å²) in [6, 6.07) is 0. The Labute approximate surface area is 174 Å². The number of ether oxygens (including phenoxy) is 4. The number of amides is 1. The number of hydrogen-bond acceptors (Lipinski definition) is 7. The van der Waals surface area contributed by atoms with Gasteiger partial charge in [0.15, 0.2) is 5.76 Å². The Kier molecular flexibility index (Phi) is 5.60. The number of furan rings is 1. The summed E-state index contributed by atoms with van der Waals surface area (Å²) in [5.41, 5.74) is 3.84. The molecule has 2 aromatic rings. The highest BCUT2D eigenvalue weighted by molar-refractivity contribution is 5.95. The maximum absolute atomic E-state index is 12.7. The van der Waals surface area contributed by atoms with Crippen molar-refractivity contribution < 1.29 is 28.2 Å². The molecule has 0 unspecified atom stereocenters. The molecule has 2 saturated heterocycles. The summed E-state index contributed by atoms with van der Waals surface area (Å²) in [4.78, 5) is 12.7. The van der Waals surface area contributed by atoms with Gasteiger partial charge < -0.3 is 28.7 Å². The molecular formula is C21H27N3O6. The smallest absolute Gasteiger partial charge is 0.287 e. The quantitative estimate of drug-likeness (QED) is 0.778. The van der Waals surface area contributed by atoms with Gasteiger partial charge in [0, 0.05) is 30.3 Å². The topological polar surface area (TPSA) is 97.0 Å². The molecule has 9 nitrogen and oxygen atoms in total. The number of carbonyl (C=O) groups is 1. The fraction of sp³-hybridized carbons (Fsp3) is 0.619. The first-order valence-electron chi connectivity index (χ1n) is 10.5. The standard InChI is InChI=1S/C21H27N3O6/c1-13-18-17(30-20(13)21(25)22-8-15-11-26-4-6-28-15)3-2-14-9-24(23-19(14)18)10-16-12-27-5-7-29-16/h9,15-16H,2-8,10-12H2,1H3,(H,22,25)/t15-,16+/m1/s1. The Morgan fingerprint density at radius 3 is 2.63 bits per heavy atom. The van der Waals surface area contributed by atoms with Crippen LogP contribution in [-0.2, 0) is 38.3 Å². The fourth-order valence-corrected chi connectivity index (χ4v) is 4.27. The van der Waals surface area contributed by atoms with Gasteiger partial charge in [0.25, 0.3) is 5.91 Å². The number of aryl methyl sites for hydroxylation is 2. The van der Waals surface area contributed by atoms with Gasteiger partial charge in [-0.1, -0.05) is 0 Å². The van der Waals surface area contributed by atoms with E-state index >= 15 is 0 Å². The minimum Gasteiger partial charge on any atom is -0.455 e. The summed E-state index contributed by atoms with van der Waals surface area (Å²) in [6.07, 6.45) is 3.55. The van der Waals surface area contributed by atoms with Crippen LogP contribution in [0.4, 0.5) is 0 Å². The summed E-state index contributed by atoms with van der Waals surface area (Å²) >= 11 is 0. The maximum Gasteiger partial charge on any atom is 0.287 e. The molecule has 5 rings (SSSR count). The molecule has 4 heterocycles. The van der Waals surface area contributed by atoms with E-state index < -0.39 is 0 Å². The maximum atomic E-state index is 12.7. The highest BCUT2D eigenvalue weighted by Crippen LogP contribution is 2.38. The Balaban J connectivity index is 1.32. The Bertz CT molecular complexity index is 908. The highest BCUT2D eigenvalue weighted by Gasteiger charge is 2.30. The predicted octanol–water partition coefficient (Wildman–Crippen LogP) is 1.11. The zero-order chi connectivity index (χ0) is 20.5. The lowest BCUT2D eigenvalue weighted by Gasteiger charge is -2.22. The zero-order valence-electron chi connectivity index (χ0n) is 17.1. The molecule has 2 fully saturated rings. The first-order valence-corrected chi connectivity index (χ1v) is 10.5. The van der Waals surface area contributed by atoms with Gasteiger partial charge in [-0.2, -0.15) is 5.10 Å². The lowest BCUT2D eigenvalue weighted by atomic mass is 9.93. The SMILES string of the molecule is Cc1c(C(=O)NC[C@@H]2COCCO2)oc2c1-c1nn(C[C@H]3COCCO3)cc1CC2. The molecular weight excluding hydrogens is 390 g/mol. The molecule has 2 atom stereocenters. The van der Waals surface area contributed by atoms with Crippen molar-refractivity contribution in [3.05, 3.63) is 28.8 Å². The molecule has 1 amide bonds. The third kappa shape index (κ3) is 3.90. The van der Waals surface area contributed by atoms with Crippen LogP contribution in [0.2, 0.25) is 0 Å². The number of carbonyl (C=O) groups excluding carboxylic acids is 1. The molecule has 9 heteroatoms. The fourth-order valence-electron chi connectivity index (χ4n) is 4.27. The average molecular weight is 417 g/mol. The van der Waals surface area contributed by atoms with Crippen LogP contribution in [0.25, 0.3) is 11.3 Å². The van der Waals surface area contributed by atoms with Crippen molar-refractivity contribution in [3.63, 3.8) is 0 Å². The van der Waals surface area contributed by atoms with E-state index in [-0.39, 0.29) is 18.1 Å². The van der Waals surface area contributed by atoms with E-state index in [1.165, 1.54) is 5.56 Å². The molecule has 2 aromatic heterocycles. The largest absolute Gasteiger partial charge is 0.455 e. The van der Waals surface area contributed by atoms with Crippen LogP contribution in [0.15, 0.2) is 10.6 Å².